The van der Waals surface area contributed by atoms with Crippen LogP contribution in [0.3, 0.4) is 0 Å². The van der Waals surface area contributed by atoms with Crippen molar-refractivity contribution in [3.05, 3.63) is 96.8 Å². The fourth-order valence-electron chi connectivity index (χ4n) is 3.63. The number of carbonyl (C=O) groups is 1. The Morgan fingerprint density at radius 1 is 1.03 bits per heavy atom. The smallest absolute Gasteiger partial charge is 0.280 e. The van der Waals surface area contributed by atoms with Crippen LogP contribution in [0.1, 0.15) is 18.1 Å². The molecule has 0 N–H and O–H groups in total. The van der Waals surface area contributed by atoms with Gasteiger partial charge in [-0.2, -0.15) is 10.1 Å². The SMILES string of the molecule is COc1cc(/C=C2/C(=O)N(c3c(F)c(F)c(F)c(F)c3F)N=C2C)c(Br)cc1OCc1cccc([N+](=O)[O-])c1. The number of hydrazone groups is 1. The lowest BCUT2D eigenvalue weighted by Gasteiger charge is -2.15. The molecule has 0 aromatic heterocycles. The molecule has 3 aromatic rings. The van der Waals surface area contributed by atoms with Gasteiger partial charge in [-0.15, -0.1) is 0 Å². The fraction of sp³-hybridized carbons (Fsp3) is 0.120. The first-order chi connectivity index (χ1) is 18.4. The molecular weight excluding hydrogens is 597 g/mol. The summed E-state index contributed by atoms with van der Waals surface area (Å²) in [5.41, 5.74) is -1.00. The van der Waals surface area contributed by atoms with E-state index in [-0.39, 0.29) is 40.1 Å². The van der Waals surface area contributed by atoms with Crippen LogP contribution in [0, 0.1) is 39.2 Å². The van der Waals surface area contributed by atoms with E-state index in [1.807, 2.05) is 0 Å². The summed E-state index contributed by atoms with van der Waals surface area (Å²) in [6.45, 7) is 1.28. The molecule has 0 radical (unpaired) electrons. The van der Waals surface area contributed by atoms with Crippen LogP contribution in [0.2, 0.25) is 0 Å². The summed E-state index contributed by atoms with van der Waals surface area (Å²) in [4.78, 5) is 23.4. The molecule has 0 saturated heterocycles. The molecule has 1 heterocycles. The maximum atomic E-state index is 14.3. The molecule has 3 aromatic carbocycles. The van der Waals surface area contributed by atoms with E-state index in [2.05, 4.69) is 21.0 Å². The molecule has 8 nitrogen and oxygen atoms in total. The van der Waals surface area contributed by atoms with Crippen molar-refractivity contribution in [1.82, 2.24) is 0 Å². The maximum Gasteiger partial charge on any atom is 0.280 e. The van der Waals surface area contributed by atoms with E-state index in [1.165, 1.54) is 50.4 Å². The third-order valence-electron chi connectivity index (χ3n) is 5.56. The number of rotatable bonds is 7. The molecule has 1 aliphatic rings. The van der Waals surface area contributed by atoms with E-state index in [0.29, 0.717) is 15.6 Å². The minimum absolute atomic E-state index is 0.0357. The van der Waals surface area contributed by atoms with Crippen molar-refractivity contribution in [3.63, 3.8) is 0 Å². The summed E-state index contributed by atoms with van der Waals surface area (Å²) in [6, 6.07) is 8.79. The van der Waals surface area contributed by atoms with Gasteiger partial charge in [0.2, 0.25) is 5.82 Å². The topological polar surface area (TPSA) is 94.3 Å². The van der Waals surface area contributed by atoms with Crippen molar-refractivity contribution in [2.45, 2.75) is 13.5 Å². The van der Waals surface area contributed by atoms with Crippen molar-refractivity contribution in [3.8, 4) is 11.5 Å². The van der Waals surface area contributed by atoms with Crippen molar-refractivity contribution in [1.29, 1.82) is 0 Å². The van der Waals surface area contributed by atoms with E-state index in [0.717, 1.165) is 0 Å². The van der Waals surface area contributed by atoms with Gasteiger partial charge in [-0.05, 0) is 36.3 Å². The highest BCUT2D eigenvalue weighted by Gasteiger charge is 2.37. The van der Waals surface area contributed by atoms with E-state index in [1.54, 1.807) is 6.07 Å². The highest BCUT2D eigenvalue weighted by atomic mass is 79.9. The van der Waals surface area contributed by atoms with E-state index < -0.39 is 45.6 Å². The first-order valence-corrected chi connectivity index (χ1v) is 11.6. The number of nitro groups is 1. The second kappa shape index (κ2) is 10.8. The van der Waals surface area contributed by atoms with Gasteiger partial charge in [-0.25, -0.2) is 22.0 Å². The van der Waals surface area contributed by atoms with Crippen LogP contribution in [-0.4, -0.2) is 23.7 Å². The van der Waals surface area contributed by atoms with Crippen LogP contribution in [-0.2, 0) is 11.4 Å². The van der Waals surface area contributed by atoms with Crippen molar-refractivity contribution in [2.24, 2.45) is 5.10 Å². The third-order valence-corrected chi connectivity index (χ3v) is 6.25. The van der Waals surface area contributed by atoms with Gasteiger partial charge in [-0.3, -0.25) is 14.9 Å². The number of hydrogen-bond donors (Lipinski definition) is 0. The van der Waals surface area contributed by atoms with E-state index in [4.69, 9.17) is 9.47 Å². The van der Waals surface area contributed by atoms with Gasteiger partial charge in [-0.1, -0.05) is 28.1 Å². The summed E-state index contributed by atoms with van der Waals surface area (Å²) in [6.07, 6.45) is 1.28. The Balaban J connectivity index is 1.64. The number of non-ortho nitro benzene ring substituents is 1. The molecule has 202 valence electrons. The molecule has 1 amide bonds. The molecule has 0 bridgehead atoms. The lowest BCUT2D eigenvalue weighted by Crippen LogP contribution is -2.25. The second-order valence-corrected chi connectivity index (χ2v) is 8.87. The van der Waals surface area contributed by atoms with Gasteiger partial charge in [0.25, 0.3) is 11.6 Å². The fourth-order valence-corrected chi connectivity index (χ4v) is 4.06. The van der Waals surface area contributed by atoms with Gasteiger partial charge in [0.15, 0.2) is 34.8 Å². The average molecular weight is 612 g/mol. The summed E-state index contributed by atoms with van der Waals surface area (Å²) in [5, 5.41) is 14.8. The monoisotopic (exact) mass is 611 g/mol. The van der Waals surface area contributed by atoms with Crippen LogP contribution < -0.4 is 14.5 Å². The average Bonchev–Trinajstić information content (AvgIpc) is 3.19. The molecule has 1 aliphatic heterocycles. The zero-order chi connectivity index (χ0) is 28.6. The number of hydrogen-bond acceptors (Lipinski definition) is 6. The molecule has 4 rings (SSSR count). The lowest BCUT2D eigenvalue weighted by atomic mass is 10.1. The van der Waals surface area contributed by atoms with Crippen molar-refractivity contribution < 1.29 is 41.1 Å². The van der Waals surface area contributed by atoms with Crippen LogP contribution >= 0.6 is 15.9 Å². The number of benzene rings is 3. The number of amides is 1. The normalized spacial score (nSPS) is 14.2. The van der Waals surface area contributed by atoms with Gasteiger partial charge in [0.1, 0.15) is 12.3 Å². The minimum Gasteiger partial charge on any atom is -0.493 e. The van der Waals surface area contributed by atoms with Crippen molar-refractivity contribution >= 4 is 45.0 Å². The Hall–Kier alpha value is -4.33. The minimum atomic E-state index is -2.36. The molecule has 0 aliphatic carbocycles. The molecule has 14 heteroatoms. The van der Waals surface area contributed by atoms with Gasteiger partial charge in [0, 0.05) is 16.6 Å². The van der Waals surface area contributed by atoms with E-state index >= 15 is 0 Å². The predicted molar refractivity (Wildman–Crippen MR) is 133 cm³/mol. The highest BCUT2D eigenvalue weighted by molar-refractivity contribution is 9.10. The summed E-state index contributed by atoms with van der Waals surface area (Å²) in [7, 11) is 1.35. The molecule has 39 heavy (non-hydrogen) atoms. The zero-order valence-electron chi connectivity index (χ0n) is 19.9. The predicted octanol–water partition coefficient (Wildman–Crippen LogP) is 6.45. The van der Waals surface area contributed by atoms with Crippen LogP contribution in [0.25, 0.3) is 6.08 Å². The number of nitro benzene ring substituents is 1. The molecule has 0 fully saturated rings. The van der Waals surface area contributed by atoms with Crippen molar-refractivity contribution in [2.75, 3.05) is 12.1 Å². The van der Waals surface area contributed by atoms with Crippen LogP contribution in [0.4, 0.5) is 33.3 Å². The van der Waals surface area contributed by atoms with Gasteiger partial charge in [0.05, 0.1) is 23.3 Å². The lowest BCUT2D eigenvalue weighted by molar-refractivity contribution is -0.384. The summed E-state index contributed by atoms with van der Waals surface area (Å²) >= 11 is 3.33. The van der Waals surface area contributed by atoms with Crippen LogP contribution in [0.5, 0.6) is 11.5 Å². The summed E-state index contributed by atoms with van der Waals surface area (Å²) < 4.78 is 80.9. The Morgan fingerprint density at radius 2 is 1.67 bits per heavy atom. The Labute approximate surface area is 225 Å². The Morgan fingerprint density at radius 3 is 2.28 bits per heavy atom. The molecule has 0 spiro atoms. The van der Waals surface area contributed by atoms with Gasteiger partial charge >= 0.3 is 0 Å². The molecule has 0 saturated carbocycles. The van der Waals surface area contributed by atoms with Crippen LogP contribution in [0.15, 0.2) is 51.5 Å². The maximum absolute atomic E-state index is 14.3. The zero-order valence-corrected chi connectivity index (χ0v) is 21.5. The number of ether oxygens (including phenoxy) is 2. The largest absolute Gasteiger partial charge is 0.493 e. The van der Waals surface area contributed by atoms with E-state index in [9.17, 15) is 36.9 Å². The molecule has 0 unspecified atom stereocenters. The number of carbonyl (C=O) groups excluding carboxylic acids is 1. The highest BCUT2D eigenvalue weighted by Crippen LogP contribution is 2.37. The first-order valence-electron chi connectivity index (χ1n) is 10.8. The third kappa shape index (κ3) is 5.19. The second-order valence-electron chi connectivity index (χ2n) is 8.02. The Kier molecular flexibility index (Phi) is 7.67. The summed E-state index contributed by atoms with van der Waals surface area (Å²) in [5.74, 6) is -11.9. The number of anilines is 1. The number of methoxy groups -OCH3 is 1. The van der Waals surface area contributed by atoms with Gasteiger partial charge < -0.3 is 9.47 Å². The first kappa shape index (κ1) is 27.7. The number of halogens is 6. The standard InChI is InChI=1S/C25H15BrF5N3O5/c1-11-15(25(35)33(32-11)24-22(30)20(28)19(27)21(29)23(24)31)7-13-8-17(38-2)18(9-16(13)26)39-10-12-4-3-5-14(6-12)34(36)37/h3-9H,10H2,1-2H3/b15-7+. The molecule has 0 atom stereocenters. The quantitative estimate of drug-likeness (QED) is 0.0764. The Bertz CT molecular complexity index is 1570. The molecular formula is C25H15BrF5N3O5. The number of nitrogens with zero attached hydrogens (tertiary/aromatic N) is 3.